The molecule has 0 atom stereocenters. The molecule has 4 nitrogen and oxygen atoms in total. The Morgan fingerprint density at radius 3 is 2.31 bits per heavy atom. The Labute approximate surface area is 151 Å². The van der Waals surface area contributed by atoms with E-state index in [0.717, 1.165) is 52.4 Å². The third kappa shape index (κ3) is 3.01. The van der Waals surface area contributed by atoms with Gasteiger partial charge in [-0.1, -0.05) is 13.3 Å². The number of aromatic nitrogens is 2. The molecule has 0 aliphatic carbocycles. The minimum Gasteiger partial charge on any atom is -0.454 e. The second-order valence-electron chi connectivity index (χ2n) is 6.27. The average molecular weight is 350 g/mol. The van der Waals surface area contributed by atoms with Crippen LogP contribution in [0.1, 0.15) is 24.7 Å². The van der Waals surface area contributed by atoms with E-state index in [1.54, 1.807) is 12.1 Å². The van der Waals surface area contributed by atoms with Gasteiger partial charge in [0.25, 0.3) is 0 Å². The summed E-state index contributed by atoms with van der Waals surface area (Å²) in [5.74, 6) is 1.89. The summed E-state index contributed by atoms with van der Waals surface area (Å²) in [5, 5.41) is 0. The first-order valence-corrected chi connectivity index (χ1v) is 8.69. The molecular weight excluding hydrogens is 331 g/mol. The van der Waals surface area contributed by atoms with Crippen LogP contribution >= 0.6 is 0 Å². The van der Waals surface area contributed by atoms with Crippen molar-refractivity contribution in [3.05, 3.63) is 59.7 Å². The molecule has 0 fully saturated rings. The number of halogens is 1. The lowest BCUT2D eigenvalue weighted by Gasteiger charge is -2.15. The third-order valence-corrected chi connectivity index (χ3v) is 4.38. The molecule has 5 heteroatoms. The van der Waals surface area contributed by atoms with Gasteiger partial charge in [-0.05, 0) is 55.8 Å². The molecule has 1 aliphatic rings. The van der Waals surface area contributed by atoms with Gasteiger partial charge in [-0.2, -0.15) is 0 Å². The van der Waals surface area contributed by atoms with Crippen LogP contribution < -0.4 is 9.47 Å². The number of fused-ring (bicyclic) bond motifs is 1. The van der Waals surface area contributed by atoms with E-state index >= 15 is 0 Å². The summed E-state index contributed by atoms with van der Waals surface area (Å²) >= 11 is 0. The highest BCUT2D eigenvalue weighted by molar-refractivity contribution is 5.75. The summed E-state index contributed by atoms with van der Waals surface area (Å²) in [6.07, 6.45) is 1.79. The molecule has 0 bridgehead atoms. The fourth-order valence-corrected chi connectivity index (χ4v) is 3.21. The van der Waals surface area contributed by atoms with Crippen molar-refractivity contribution in [1.82, 2.24) is 9.97 Å². The minimum atomic E-state index is -0.257. The number of hydrogen-bond acceptors (Lipinski definition) is 4. The monoisotopic (exact) mass is 350 g/mol. The van der Waals surface area contributed by atoms with Crippen molar-refractivity contribution in [2.24, 2.45) is 0 Å². The van der Waals surface area contributed by atoms with Crippen molar-refractivity contribution in [2.75, 3.05) is 6.79 Å². The molecule has 2 heterocycles. The molecular formula is C21H19FN2O2. The molecule has 1 aromatic heterocycles. The Hall–Kier alpha value is -2.95. The van der Waals surface area contributed by atoms with Gasteiger partial charge in [0.05, 0.1) is 11.4 Å². The highest BCUT2D eigenvalue weighted by Crippen LogP contribution is 2.38. The maximum atomic E-state index is 13.3. The number of aryl methyl sites for hydroxylation is 1. The first-order valence-electron chi connectivity index (χ1n) is 8.69. The highest BCUT2D eigenvalue weighted by atomic mass is 19.1. The van der Waals surface area contributed by atoms with Crippen LogP contribution in [0, 0.1) is 12.7 Å². The van der Waals surface area contributed by atoms with Crippen molar-refractivity contribution < 1.29 is 13.9 Å². The van der Waals surface area contributed by atoms with E-state index in [1.807, 2.05) is 25.1 Å². The number of ether oxygens (including phenoxy) is 2. The van der Waals surface area contributed by atoms with Gasteiger partial charge in [0.2, 0.25) is 6.79 Å². The molecule has 0 saturated heterocycles. The lowest BCUT2D eigenvalue weighted by atomic mass is 9.96. The predicted octanol–water partition coefficient (Wildman–Crippen LogP) is 4.94. The molecule has 0 amide bonds. The highest BCUT2D eigenvalue weighted by Gasteiger charge is 2.19. The second kappa shape index (κ2) is 6.75. The van der Waals surface area contributed by atoms with Gasteiger partial charge in [-0.3, -0.25) is 0 Å². The number of benzene rings is 2. The van der Waals surface area contributed by atoms with E-state index in [0.29, 0.717) is 5.82 Å². The molecule has 2 aromatic carbocycles. The largest absolute Gasteiger partial charge is 0.454 e. The van der Waals surface area contributed by atoms with Crippen LogP contribution in [0.5, 0.6) is 11.5 Å². The first-order chi connectivity index (χ1) is 12.7. The van der Waals surface area contributed by atoms with E-state index in [9.17, 15) is 4.39 Å². The minimum absolute atomic E-state index is 0.240. The van der Waals surface area contributed by atoms with Crippen molar-refractivity contribution in [3.8, 4) is 34.0 Å². The number of nitrogens with zero attached hydrogens (tertiary/aromatic N) is 2. The SMILES string of the molecule is CCCc1c(-c2ccc(F)cc2)nc(C)nc1-c1ccc2c(c1)OCO2. The van der Waals surface area contributed by atoms with Gasteiger partial charge in [0.1, 0.15) is 11.6 Å². The maximum absolute atomic E-state index is 13.3. The summed E-state index contributed by atoms with van der Waals surface area (Å²) < 4.78 is 24.3. The van der Waals surface area contributed by atoms with Crippen molar-refractivity contribution in [1.29, 1.82) is 0 Å². The predicted molar refractivity (Wildman–Crippen MR) is 97.7 cm³/mol. The van der Waals surface area contributed by atoms with Gasteiger partial charge < -0.3 is 9.47 Å². The molecule has 0 radical (unpaired) electrons. The molecule has 0 saturated carbocycles. The Morgan fingerprint density at radius 1 is 0.923 bits per heavy atom. The van der Waals surface area contributed by atoms with Gasteiger partial charge in [0.15, 0.2) is 11.5 Å². The van der Waals surface area contributed by atoms with Crippen LogP contribution in [0.15, 0.2) is 42.5 Å². The molecule has 132 valence electrons. The normalized spacial score (nSPS) is 12.4. The van der Waals surface area contributed by atoms with Crippen LogP contribution in [-0.4, -0.2) is 16.8 Å². The zero-order chi connectivity index (χ0) is 18.1. The van der Waals surface area contributed by atoms with Gasteiger partial charge in [0, 0.05) is 16.7 Å². The molecule has 0 unspecified atom stereocenters. The maximum Gasteiger partial charge on any atom is 0.231 e. The van der Waals surface area contributed by atoms with Crippen molar-refractivity contribution in [2.45, 2.75) is 26.7 Å². The van der Waals surface area contributed by atoms with Crippen molar-refractivity contribution >= 4 is 0 Å². The molecule has 0 spiro atoms. The Kier molecular flexibility index (Phi) is 4.29. The Morgan fingerprint density at radius 2 is 1.58 bits per heavy atom. The zero-order valence-electron chi connectivity index (χ0n) is 14.8. The molecule has 4 rings (SSSR count). The van der Waals surface area contributed by atoms with Crippen LogP contribution in [0.4, 0.5) is 4.39 Å². The quantitative estimate of drug-likeness (QED) is 0.668. The summed E-state index contributed by atoms with van der Waals surface area (Å²) in [6, 6.07) is 12.3. The topological polar surface area (TPSA) is 44.2 Å². The fourth-order valence-electron chi connectivity index (χ4n) is 3.21. The summed E-state index contributed by atoms with van der Waals surface area (Å²) in [4.78, 5) is 9.37. The summed E-state index contributed by atoms with van der Waals surface area (Å²) in [6.45, 7) is 4.24. The molecule has 26 heavy (non-hydrogen) atoms. The van der Waals surface area contributed by atoms with Gasteiger partial charge in [-0.25, -0.2) is 14.4 Å². The summed E-state index contributed by atoms with van der Waals surface area (Å²) in [5.41, 5.74) is 4.65. The van der Waals surface area contributed by atoms with E-state index < -0.39 is 0 Å². The first kappa shape index (κ1) is 16.5. The van der Waals surface area contributed by atoms with E-state index in [2.05, 4.69) is 11.9 Å². The molecule has 3 aromatic rings. The van der Waals surface area contributed by atoms with E-state index in [1.165, 1.54) is 12.1 Å². The van der Waals surface area contributed by atoms with Crippen LogP contribution in [0.25, 0.3) is 22.5 Å². The number of rotatable bonds is 4. The fraction of sp³-hybridized carbons (Fsp3) is 0.238. The van der Waals surface area contributed by atoms with Crippen molar-refractivity contribution in [3.63, 3.8) is 0 Å². The molecule has 0 N–H and O–H groups in total. The lowest BCUT2D eigenvalue weighted by molar-refractivity contribution is 0.174. The smallest absolute Gasteiger partial charge is 0.231 e. The van der Waals surface area contributed by atoms with Gasteiger partial charge in [-0.15, -0.1) is 0 Å². The average Bonchev–Trinajstić information content (AvgIpc) is 3.11. The van der Waals surface area contributed by atoms with Crippen LogP contribution in [0.2, 0.25) is 0 Å². The lowest BCUT2D eigenvalue weighted by Crippen LogP contribution is -2.03. The number of hydrogen-bond donors (Lipinski definition) is 0. The Balaban J connectivity index is 1.90. The molecule has 1 aliphatic heterocycles. The van der Waals surface area contributed by atoms with E-state index in [-0.39, 0.29) is 12.6 Å². The third-order valence-electron chi connectivity index (χ3n) is 4.38. The standard InChI is InChI=1S/C21H19FN2O2/c1-3-4-17-20(14-5-8-16(22)9-6-14)23-13(2)24-21(17)15-7-10-18-19(11-15)26-12-25-18/h5-11H,3-4,12H2,1-2H3. The van der Waals surface area contributed by atoms with Gasteiger partial charge >= 0.3 is 0 Å². The Bertz CT molecular complexity index is 955. The van der Waals surface area contributed by atoms with Crippen LogP contribution in [0.3, 0.4) is 0 Å². The van der Waals surface area contributed by atoms with E-state index in [4.69, 9.17) is 14.5 Å². The van der Waals surface area contributed by atoms with Crippen LogP contribution in [-0.2, 0) is 6.42 Å². The summed E-state index contributed by atoms with van der Waals surface area (Å²) in [7, 11) is 0. The zero-order valence-corrected chi connectivity index (χ0v) is 14.8. The second-order valence-corrected chi connectivity index (χ2v) is 6.27.